The fourth-order valence-electron chi connectivity index (χ4n) is 2.15. The number of esters is 1. The fraction of sp³-hybridized carbons (Fsp3) is 0.923. The second-order valence-electron chi connectivity index (χ2n) is 4.96. The van der Waals surface area contributed by atoms with Crippen LogP contribution in [0.2, 0.25) is 0 Å². The molecule has 5 nitrogen and oxygen atoms in total. The van der Waals surface area contributed by atoms with Gasteiger partial charge in [0.15, 0.2) is 0 Å². The SMILES string of the molecule is CCOC(=O)C(NCCN(C)C)C1CCCOC1. The van der Waals surface area contributed by atoms with Crippen molar-refractivity contribution < 1.29 is 14.3 Å². The molecule has 2 atom stereocenters. The van der Waals surface area contributed by atoms with E-state index in [1.165, 1.54) is 0 Å². The van der Waals surface area contributed by atoms with Crippen molar-refractivity contribution in [3.05, 3.63) is 0 Å². The molecule has 0 aromatic rings. The van der Waals surface area contributed by atoms with Crippen LogP contribution in [-0.2, 0) is 14.3 Å². The zero-order chi connectivity index (χ0) is 13.4. The summed E-state index contributed by atoms with van der Waals surface area (Å²) in [7, 11) is 4.04. The average Bonchev–Trinajstić information content (AvgIpc) is 2.35. The Hall–Kier alpha value is -0.650. The predicted molar refractivity (Wildman–Crippen MR) is 70.5 cm³/mol. The third-order valence-electron chi connectivity index (χ3n) is 3.13. The molecule has 1 fully saturated rings. The van der Waals surface area contributed by atoms with E-state index in [1.807, 2.05) is 21.0 Å². The fourth-order valence-corrected chi connectivity index (χ4v) is 2.15. The highest BCUT2D eigenvalue weighted by Gasteiger charge is 2.30. The van der Waals surface area contributed by atoms with E-state index in [4.69, 9.17) is 9.47 Å². The molecule has 2 unspecified atom stereocenters. The molecule has 0 radical (unpaired) electrons. The summed E-state index contributed by atoms with van der Waals surface area (Å²) in [6, 6.07) is -0.231. The summed E-state index contributed by atoms with van der Waals surface area (Å²) < 4.78 is 10.6. The Labute approximate surface area is 110 Å². The van der Waals surface area contributed by atoms with Gasteiger partial charge in [-0.15, -0.1) is 0 Å². The summed E-state index contributed by atoms with van der Waals surface area (Å²) in [5.74, 6) is 0.0896. The van der Waals surface area contributed by atoms with Gasteiger partial charge in [0.05, 0.1) is 13.2 Å². The second kappa shape index (κ2) is 8.45. The summed E-state index contributed by atoms with van der Waals surface area (Å²) in [5, 5.41) is 3.31. The molecule has 0 aromatic carbocycles. The summed E-state index contributed by atoms with van der Waals surface area (Å²) in [6.45, 7) is 5.42. The van der Waals surface area contributed by atoms with E-state index in [2.05, 4.69) is 10.2 Å². The highest BCUT2D eigenvalue weighted by Crippen LogP contribution is 2.18. The first-order valence-corrected chi connectivity index (χ1v) is 6.77. The van der Waals surface area contributed by atoms with Gasteiger partial charge in [0.1, 0.15) is 6.04 Å². The van der Waals surface area contributed by atoms with Gasteiger partial charge in [-0.3, -0.25) is 4.79 Å². The highest BCUT2D eigenvalue weighted by atomic mass is 16.5. The molecular formula is C13H26N2O3. The predicted octanol–water partition coefficient (Wildman–Crippen LogP) is 0.496. The molecular weight excluding hydrogens is 232 g/mol. The lowest BCUT2D eigenvalue weighted by atomic mass is 9.93. The van der Waals surface area contributed by atoms with Gasteiger partial charge in [0.25, 0.3) is 0 Å². The Morgan fingerprint density at radius 3 is 2.89 bits per heavy atom. The van der Waals surface area contributed by atoms with Crippen LogP contribution in [-0.4, -0.2) is 63.9 Å². The average molecular weight is 258 g/mol. The van der Waals surface area contributed by atoms with Crippen LogP contribution in [0.4, 0.5) is 0 Å². The molecule has 0 amide bonds. The molecule has 1 N–H and O–H groups in total. The third kappa shape index (κ3) is 5.33. The van der Waals surface area contributed by atoms with Crippen molar-refractivity contribution in [2.24, 2.45) is 5.92 Å². The number of nitrogens with zero attached hydrogens (tertiary/aromatic N) is 1. The highest BCUT2D eigenvalue weighted by molar-refractivity contribution is 5.76. The molecule has 0 saturated carbocycles. The van der Waals surface area contributed by atoms with Gasteiger partial charge < -0.3 is 19.7 Å². The van der Waals surface area contributed by atoms with Crippen molar-refractivity contribution in [3.63, 3.8) is 0 Å². The van der Waals surface area contributed by atoms with E-state index >= 15 is 0 Å². The van der Waals surface area contributed by atoms with Crippen LogP contribution >= 0.6 is 0 Å². The van der Waals surface area contributed by atoms with E-state index in [0.29, 0.717) is 13.2 Å². The van der Waals surface area contributed by atoms with Crippen LogP contribution in [0.25, 0.3) is 0 Å². The van der Waals surface area contributed by atoms with E-state index < -0.39 is 0 Å². The smallest absolute Gasteiger partial charge is 0.323 e. The van der Waals surface area contributed by atoms with Crippen LogP contribution in [0.1, 0.15) is 19.8 Å². The van der Waals surface area contributed by atoms with Gasteiger partial charge in [0.2, 0.25) is 0 Å². The Morgan fingerprint density at radius 2 is 2.33 bits per heavy atom. The van der Waals surface area contributed by atoms with Gasteiger partial charge in [-0.2, -0.15) is 0 Å². The minimum absolute atomic E-state index is 0.147. The van der Waals surface area contributed by atoms with Crippen LogP contribution in [0.3, 0.4) is 0 Å². The lowest BCUT2D eigenvalue weighted by Gasteiger charge is -2.29. The van der Waals surface area contributed by atoms with Gasteiger partial charge in [0, 0.05) is 25.6 Å². The van der Waals surface area contributed by atoms with E-state index in [0.717, 1.165) is 32.5 Å². The molecule has 1 saturated heterocycles. The van der Waals surface area contributed by atoms with E-state index in [9.17, 15) is 4.79 Å². The summed E-state index contributed by atoms with van der Waals surface area (Å²) in [6.07, 6.45) is 2.05. The number of nitrogens with one attached hydrogen (secondary N) is 1. The number of ether oxygens (including phenoxy) is 2. The quantitative estimate of drug-likeness (QED) is 0.674. The topological polar surface area (TPSA) is 50.8 Å². The second-order valence-corrected chi connectivity index (χ2v) is 4.96. The minimum Gasteiger partial charge on any atom is -0.465 e. The van der Waals surface area contributed by atoms with Crippen LogP contribution < -0.4 is 5.32 Å². The Bertz CT molecular complexity index is 240. The molecule has 1 heterocycles. The van der Waals surface area contributed by atoms with Crippen molar-refractivity contribution in [1.29, 1.82) is 0 Å². The summed E-state index contributed by atoms with van der Waals surface area (Å²) in [5.41, 5.74) is 0. The van der Waals surface area contributed by atoms with Crippen molar-refractivity contribution in [1.82, 2.24) is 10.2 Å². The van der Waals surface area contributed by atoms with Crippen molar-refractivity contribution in [2.45, 2.75) is 25.8 Å². The van der Waals surface area contributed by atoms with Crippen molar-refractivity contribution >= 4 is 5.97 Å². The minimum atomic E-state index is -0.231. The lowest BCUT2D eigenvalue weighted by molar-refractivity contribution is -0.148. The molecule has 5 heteroatoms. The molecule has 0 spiro atoms. The third-order valence-corrected chi connectivity index (χ3v) is 3.13. The normalized spacial score (nSPS) is 21.9. The Balaban J connectivity index is 2.47. The monoisotopic (exact) mass is 258 g/mol. The molecule has 18 heavy (non-hydrogen) atoms. The standard InChI is InChI=1S/C13H26N2O3/c1-4-18-13(16)12(14-7-8-15(2)3)11-6-5-9-17-10-11/h11-12,14H,4-10H2,1-3H3. The number of likely N-dealkylation sites (N-methyl/N-ethyl adjacent to an activating group) is 1. The van der Waals surface area contributed by atoms with Gasteiger partial charge >= 0.3 is 5.97 Å². The molecule has 1 aliphatic rings. The molecule has 0 bridgehead atoms. The van der Waals surface area contributed by atoms with Crippen LogP contribution in [0, 0.1) is 5.92 Å². The van der Waals surface area contributed by atoms with Crippen LogP contribution in [0.15, 0.2) is 0 Å². The number of hydrogen-bond acceptors (Lipinski definition) is 5. The largest absolute Gasteiger partial charge is 0.465 e. The lowest BCUT2D eigenvalue weighted by Crippen LogP contribution is -2.48. The number of hydrogen-bond donors (Lipinski definition) is 1. The molecule has 0 aromatic heterocycles. The van der Waals surface area contributed by atoms with Crippen molar-refractivity contribution in [2.75, 3.05) is 47.0 Å². The number of carbonyl (C=O) groups excluding carboxylic acids is 1. The van der Waals surface area contributed by atoms with Gasteiger partial charge in [-0.25, -0.2) is 0 Å². The number of rotatable bonds is 7. The van der Waals surface area contributed by atoms with Gasteiger partial charge in [-0.05, 0) is 33.9 Å². The zero-order valence-corrected chi connectivity index (χ0v) is 11.8. The Morgan fingerprint density at radius 1 is 1.56 bits per heavy atom. The zero-order valence-electron chi connectivity index (χ0n) is 11.8. The van der Waals surface area contributed by atoms with E-state index in [1.54, 1.807) is 0 Å². The first-order valence-electron chi connectivity index (χ1n) is 6.77. The first kappa shape index (κ1) is 15.4. The molecule has 1 aliphatic heterocycles. The first-order chi connectivity index (χ1) is 8.65. The summed E-state index contributed by atoms with van der Waals surface area (Å²) >= 11 is 0. The van der Waals surface area contributed by atoms with Crippen LogP contribution in [0.5, 0.6) is 0 Å². The maximum absolute atomic E-state index is 12.0. The molecule has 0 aliphatic carbocycles. The van der Waals surface area contributed by atoms with Gasteiger partial charge in [-0.1, -0.05) is 0 Å². The maximum Gasteiger partial charge on any atom is 0.323 e. The Kier molecular flexibility index (Phi) is 7.23. The van der Waals surface area contributed by atoms with Crippen molar-refractivity contribution in [3.8, 4) is 0 Å². The van der Waals surface area contributed by atoms with E-state index in [-0.39, 0.29) is 17.9 Å². The number of carbonyl (C=O) groups is 1. The molecule has 1 rings (SSSR count). The molecule has 106 valence electrons. The maximum atomic E-state index is 12.0. The summed E-state index contributed by atoms with van der Waals surface area (Å²) in [4.78, 5) is 14.1.